The number of hydrogen-bond donors (Lipinski definition) is 2. The SMILES string of the molecule is CCC(CC)(CN)C(=O)Nc1ccc(Sc2nncs2)cc1.Cl. The molecule has 0 bridgehead atoms. The average molecular weight is 373 g/mol. The third-order valence-corrected chi connectivity index (χ3v) is 5.67. The van der Waals surface area contributed by atoms with E-state index in [1.54, 1.807) is 17.3 Å². The van der Waals surface area contributed by atoms with Crippen molar-refractivity contribution in [3.63, 3.8) is 0 Å². The molecule has 0 saturated heterocycles. The van der Waals surface area contributed by atoms with Crippen molar-refractivity contribution < 1.29 is 4.79 Å². The molecule has 0 radical (unpaired) electrons. The number of carbonyl (C=O) groups excluding carboxylic acids is 1. The van der Waals surface area contributed by atoms with Gasteiger partial charge in [-0.15, -0.1) is 22.6 Å². The number of benzene rings is 1. The Morgan fingerprint density at radius 1 is 1.30 bits per heavy atom. The molecule has 23 heavy (non-hydrogen) atoms. The molecular formula is C15H21ClN4OS2. The number of carbonyl (C=O) groups is 1. The molecule has 2 aromatic rings. The van der Waals surface area contributed by atoms with Gasteiger partial charge < -0.3 is 11.1 Å². The monoisotopic (exact) mass is 372 g/mol. The molecule has 126 valence electrons. The maximum absolute atomic E-state index is 12.5. The Balaban J connectivity index is 0.00000264. The zero-order valence-electron chi connectivity index (χ0n) is 13.1. The summed E-state index contributed by atoms with van der Waals surface area (Å²) >= 11 is 3.06. The number of halogens is 1. The summed E-state index contributed by atoms with van der Waals surface area (Å²) in [6.07, 6.45) is 1.47. The van der Waals surface area contributed by atoms with Gasteiger partial charge in [-0.25, -0.2) is 0 Å². The number of anilines is 1. The molecule has 1 heterocycles. The largest absolute Gasteiger partial charge is 0.329 e. The average Bonchev–Trinajstić information content (AvgIpc) is 3.04. The minimum absolute atomic E-state index is 0. The zero-order chi connectivity index (χ0) is 16.0. The second-order valence-corrected chi connectivity index (χ2v) is 7.13. The first-order valence-electron chi connectivity index (χ1n) is 7.19. The highest BCUT2D eigenvalue weighted by molar-refractivity contribution is 8.01. The Hall–Kier alpha value is -1.15. The van der Waals surface area contributed by atoms with Crippen molar-refractivity contribution in [2.24, 2.45) is 11.1 Å². The Bertz CT molecular complexity index is 592. The minimum Gasteiger partial charge on any atom is -0.329 e. The van der Waals surface area contributed by atoms with Crippen LogP contribution in [-0.4, -0.2) is 22.6 Å². The molecule has 1 aromatic heterocycles. The van der Waals surface area contributed by atoms with Crippen LogP contribution in [0.2, 0.25) is 0 Å². The molecule has 0 aliphatic heterocycles. The Morgan fingerprint density at radius 3 is 2.43 bits per heavy atom. The molecule has 0 atom stereocenters. The van der Waals surface area contributed by atoms with Crippen LogP contribution in [0.5, 0.6) is 0 Å². The number of aromatic nitrogens is 2. The van der Waals surface area contributed by atoms with Gasteiger partial charge in [0.2, 0.25) is 5.91 Å². The number of nitrogens with two attached hydrogens (primary N) is 1. The summed E-state index contributed by atoms with van der Waals surface area (Å²) in [5.74, 6) is -0.00970. The van der Waals surface area contributed by atoms with Crippen molar-refractivity contribution in [1.29, 1.82) is 0 Å². The Labute approximate surface area is 150 Å². The number of rotatable bonds is 7. The summed E-state index contributed by atoms with van der Waals surface area (Å²) in [5.41, 5.74) is 7.81. The normalized spacial score (nSPS) is 10.9. The fraction of sp³-hybridized carbons (Fsp3) is 0.400. The van der Waals surface area contributed by atoms with E-state index < -0.39 is 5.41 Å². The van der Waals surface area contributed by atoms with E-state index in [4.69, 9.17) is 5.73 Å². The second kappa shape index (κ2) is 9.22. The van der Waals surface area contributed by atoms with Crippen molar-refractivity contribution in [3.05, 3.63) is 29.8 Å². The molecule has 0 unspecified atom stereocenters. The summed E-state index contributed by atoms with van der Waals surface area (Å²) in [7, 11) is 0. The number of nitrogens with one attached hydrogen (secondary N) is 1. The lowest BCUT2D eigenvalue weighted by molar-refractivity contribution is -0.125. The van der Waals surface area contributed by atoms with Crippen LogP contribution in [0.3, 0.4) is 0 Å². The highest BCUT2D eigenvalue weighted by Gasteiger charge is 2.33. The molecule has 1 amide bonds. The zero-order valence-corrected chi connectivity index (χ0v) is 15.6. The molecule has 8 heteroatoms. The van der Waals surface area contributed by atoms with Gasteiger partial charge >= 0.3 is 0 Å². The van der Waals surface area contributed by atoms with Gasteiger partial charge in [0.1, 0.15) is 5.51 Å². The molecule has 2 rings (SSSR count). The van der Waals surface area contributed by atoms with Crippen molar-refractivity contribution in [2.45, 2.75) is 35.9 Å². The Morgan fingerprint density at radius 2 is 1.96 bits per heavy atom. The molecule has 1 aromatic carbocycles. The first kappa shape index (κ1) is 19.9. The third kappa shape index (κ3) is 4.91. The quantitative estimate of drug-likeness (QED) is 0.772. The smallest absolute Gasteiger partial charge is 0.231 e. The molecule has 0 spiro atoms. The van der Waals surface area contributed by atoms with Crippen molar-refractivity contribution in [2.75, 3.05) is 11.9 Å². The van der Waals surface area contributed by atoms with Gasteiger partial charge in [0.25, 0.3) is 0 Å². The van der Waals surface area contributed by atoms with E-state index in [0.717, 1.165) is 27.8 Å². The highest BCUT2D eigenvalue weighted by Crippen LogP contribution is 2.30. The van der Waals surface area contributed by atoms with Crippen molar-refractivity contribution >= 4 is 47.1 Å². The van der Waals surface area contributed by atoms with Gasteiger partial charge in [-0.2, -0.15) is 0 Å². The summed E-state index contributed by atoms with van der Waals surface area (Å²) in [6, 6.07) is 7.72. The second-order valence-electron chi connectivity index (χ2n) is 4.98. The van der Waals surface area contributed by atoms with Crippen LogP contribution < -0.4 is 11.1 Å². The van der Waals surface area contributed by atoms with Gasteiger partial charge in [0.15, 0.2) is 4.34 Å². The molecular weight excluding hydrogens is 352 g/mol. The summed E-state index contributed by atoms with van der Waals surface area (Å²) in [4.78, 5) is 13.5. The molecule has 0 saturated carbocycles. The first-order chi connectivity index (χ1) is 10.6. The topological polar surface area (TPSA) is 80.9 Å². The maximum Gasteiger partial charge on any atom is 0.231 e. The van der Waals surface area contributed by atoms with Crippen molar-refractivity contribution in [1.82, 2.24) is 10.2 Å². The van der Waals surface area contributed by atoms with E-state index in [0.29, 0.717) is 6.54 Å². The van der Waals surface area contributed by atoms with E-state index in [1.165, 1.54) is 11.3 Å². The Kier molecular flexibility index (Phi) is 7.98. The fourth-order valence-corrected chi connectivity index (χ4v) is 3.58. The van der Waals surface area contributed by atoms with E-state index in [2.05, 4.69) is 15.5 Å². The van der Waals surface area contributed by atoms with Gasteiger partial charge in [0.05, 0.1) is 5.41 Å². The fourth-order valence-electron chi connectivity index (χ4n) is 2.13. The predicted octanol–water partition coefficient (Wildman–Crippen LogP) is 3.81. The standard InChI is InChI=1S/C15H20N4OS2.ClH/c1-3-15(4-2,9-16)13(20)18-11-5-7-12(8-6-11)22-14-19-17-10-21-14;/h5-8,10H,3-4,9,16H2,1-2H3,(H,18,20);1H. The lowest BCUT2D eigenvalue weighted by atomic mass is 9.81. The van der Waals surface area contributed by atoms with E-state index in [9.17, 15) is 4.79 Å². The number of hydrogen-bond acceptors (Lipinski definition) is 6. The van der Waals surface area contributed by atoms with Crippen LogP contribution in [0, 0.1) is 5.41 Å². The van der Waals surface area contributed by atoms with Gasteiger partial charge in [-0.05, 0) is 37.1 Å². The molecule has 0 aliphatic carbocycles. The maximum atomic E-state index is 12.5. The third-order valence-electron chi connectivity index (χ3n) is 3.88. The summed E-state index contributed by atoms with van der Waals surface area (Å²) < 4.78 is 0.899. The van der Waals surface area contributed by atoms with Crippen LogP contribution >= 0.6 is 35.5 Å². The van der Waals surface area contributed by atoms with Crippen LogP contribution in [0.4, 0.5) is 5.69 Å². The molecule has 3 N–H and O–H groups in total. The molecule has 0 aliphatic rings. The molecule has 5 nitrogen and oxygen atoms in total. The van der Waals surface area contributed by atoms with Crippen LogP contribution in [0.15, 0.2) is 39.0 Å². The highest BCUT2D eigenvalue weighted by atomic mass is 35.5. The van der Waals surface area contributed by atoms with Gasteiger partial charge in [0, 0.05) is 17.1 Å². The van der Waals surface area contributed by atoms with Crippen molar-refractivity contribution in [3.8, 4) is 0 Å². The van der Waals surface area contributed by atoms with Gasteiger partial charge in [-0.1, -0.05) is 36.9 Å². The number of amides is 1. The van der Waals surface area contributed by atoms with E-state index >= 15 is 0 Å². The lowest BCUT2D eigenvalue weighted by Crippen LogP contribution is -2.41. The van der Waals surface area contributed by atoms with E-state index in [1.807, 2.05) is 38.1 Å². The van der Waals surface area contributed by atoms with Crippen LogP contribution in [-0.2, 0) is 4.79 Å². The first-order valence-corrected chi connectivity index (χ1v) is 8.88. The number of nitrogens with zero attached hydrogens (tertiary/aromatic N) is 2. The summed E-state index contributed by atoms with van der Waals surface area (Å²) in [5, 5.41) is 10.8. The molecule has 0 fully saturated rings. The van der Waals surface area contributed by atoms with Crippen LogP contribution in [0.25, 0.3) is 0 Å². The van der Waals surface area contributed by atoms with Crippen LogP contribution in [0.1, 0.15) is 26.7 Å². The van der Waals surface area contributed by atoms with Gasteiger partial charge in [-0.3, -0.25) is 4.79 Å². The predicted molar refractivity (Wildman–Crippen MR) is 98.4 cm³/mol. The minimum atomic E-state index is -0.486. The lowest BCUT2D eigenvalue weighted by Gasteiger charge is -2.28. The summed E-state index contributed by atoms with van der Waals surface area (Å²) in [6.45, 7) is 4.35. The van der Waals surface area contributed by atoms with E-state index in [-0.39, 0.29) is 18.3 Å².